The molecule has 0 aromatic carbocycles. The molecule has 3 rings (SSSR count). The molecule has 1 N–H and O–H groups in total. The monoisotopic (exact) mass is 343 g/mol. The maximum Gasteiger partial charge on any atom is 0.224 e. The number of carbonyl (C=O) groups excluding carboxylic acids is 2. The third-order valence-electron chi connectivity index (χ3n) is 5.52. The normalized spacial score (nSPS) is 22.5. The Morgan fingerprint density at radius 1 is 1.20 bits per heavy atom. The first-order valence-electron chi connectivity index (χ1n) is 9.70. The molecule has 5 nitrogen and oxygen atoms in total. The van der Waals surface area contributed by atoms with Crippen LogP contribution in [0.1, 0.15) is 56.9 Å². The van der Waals surface area contributed by atoms with Crippen molar-refractivity contribution in [2.45, 2.75) is 63.8 Å². The molecule has 1 unspecified atom stereocenters. The molecule has 5 heteroatoms. The highest BCUT2D eigenvalue weighted by Crippen LogP contribution is 2.27. The Morgan fingerprint density at radius 3 is 2.72 bits per heavy atom. The predicted molar refractivity (Wildman–Crippen MR) is 96.9 cm³/mol. The second kappa shape index (κ2) is 8.97. The van der Waals surface area contributed by atoms with Crippen LogP contribution in [-0.4, -0.2) is 40.8 Å². The molecule has 25 heavy (non-hydrogen) atoms. The third kappa shape index (κ3) is 5.03. The second-order valence-electron chi connectivity index (χ2n) is 7.33. The molecule has 0 radical (unpaired) electrons. The van der Waals surface area contributed by atoms with Crippen LogP contribution < -0.4 is 5.32 Å². The number of aromatic nitrogens is 1. The van der Waals surface area contributed by atoms with Crippen LogP contribution in [0.4, 0.5) is 0 Å². The van der Waals surface area contributed by atoms with Crippen LogP contribution in [0.3, 0.4) is 0 Å². The number of amides is 2. The van der Waals surface area contributed by atoms with Crippen molar-refractivity contribution in [1.82, 2.24) is 15.2 Å². The van der Waals surface area contributed by atoms with E-state index in [0.29, 0.717) is 32.0 Å². The second-order valence-corrected chi connectivity index (χ2v) is 7.33. The van der Waals surface area contributed by atoms with E-state index in [-0.39, 0.29) is 17.7 Å². The maximum atomic E-state index is 12.5. The summed E-state index contributed by atoms with van der Waals surface area (Å²) < 4.78 is 0. The van der Waals surface area contributed by atoms with Gasteiger partial charge in [-0.1, -0.05) is 31.7 Å². The SMILES string of the molecule is O=C(NCCc1cccnc1)C1CCC(=O)N(C2CCCCCC2)C1. The van der Waals surface area contributed by atoms with Crippen LogP contribution >= 0.6 is 0 Å². The van der Waals surface area contributed by atoms with Crippen molar-refractivity contribution < 1.29 is 9.59 Å². The lowest BCUT2D eigenvalue weighted by Gasteiger charge is -2.37. The van der Waals surface area contributed by atoms with Crippen molar-refractivity contribution >= 4 is 11.8 Å². The van der Waals surface area contributed by atoms with Crippen LogP contribution in [-0.2, 0) is 16.0 Å². The minimum atomic E-state index is -0.0603. The van der Waals surface area contributed by atoms with E-state index in [1.807, 2.05) is 23.2 Å². The summed E-state index contributed by atoms with van der Waals surface area (Å²) in [6.45, 7) is 1.22. The van der Waals surface area contributed by atoms with Gasteiger partial charge in [0.2, 0.25) is 11.8 Å². The molecule has 2 amide bonds. The number of likely N-dealkylation sites (tertiary alicyclic amines) is 1. The largest absolute Gasteiger partial charge is 0.355 e. The Balaban J connectivity index is 1.49. The van der Waals surface area contributed by atoms with Gasteiger partial charge in [-0.05, 0) is 37.3 Å². The van der Waals surface area contributed by atoms with Crippen LogP contribution in [0.5, 0.6) is 0 Å². The van der Waals surface area contributed by atoms with E-state index in [1.54, 1.807) is 6.20 Å². The van der Waals surface area contributed by atoms with Gasteiger partial charge in [0.1, 0.15) is 0 Å². The fourth-order valence-corrected chi connectivity index (χ4v) is 4.03. The minimum absolute atomic E-state index is 0.0603. The first-order chi connectivity index (χ1) is 12.2. The average Bonchev–Trinajstić information content (AvgIpc) is 2.92. The van der Waals surface area contributed by atoms with Crippen LogP contribution in [0.2, 0.25) is 0 Å². The number of hydrogen-bond donors (Lipinski definition) is 1. The van der Waals surface area contributed by atoms with E-state index in [4.69, 9.17) is 0 Å². The summed E-state index contributed by atoms with van der Waals surface area (Å²) in [4.78, 5) is 31.0. The van der Waals surface area contributed by atoms with Gasteiger partial charge in [0.05, 0.1) is 5.92 Å². The van der Waals surface area contributed by atoms with E-state index in [1.165, 1.54) is 25.7 Å². The highest BCUT2D eigenvalue weighted by Gasteiger charge is 2.34. The lowest BCUT2D eigenvalue weighted by atomic mass is 9.93. The van der Waals surface area contributed by atoms with Gasteiger partial charge in [0, 0.05) is 37.9 Å². The number of hydrogen-bond acceptors (Lipinski definition) is 3. The van der Waals surface area contributed by atoms with Gasteiger partial charge in [-0.15, -0.1) is 0 Å². The average molecular weight is 343 g/mol. The zero-order chi connectivity index (χ0) is 17.5. The Labute approximate surface area is 150 Å². The molecule has 0 bridgehead atoms. The first-order valence-corrected chi connectivity index (χ1v) is 9.70. The van der Waals surface area contributed by atoms with Crippen LogP contribution in [0.25, 0.3) is 0 Å². The highest BCUT2D eigenvalue weighted by molar-refractivity contribution is 5.84. The molecule has 1 aromatic heterocycles. The quantitative estimate of drug-likeness (QED) is 0.836. The summed E-state index contributed by atoms with van der Waals surface area (Å²) in [6.07, 6.45) is 12.7. The molecule has 1 aromatic rings. The van der Waals surface area contributed by atoms with E-state index in [9.17, 15) is 9.59 Å². The van der Waals surface area contributed by atoms with Gasteiger partial charge in [-0.25, -0.2) is 0 Å². The molecule has 1 atom stereocenters. The van der Waals surface area contributed by atoms with E-state index < -0.39 is 0 Å². The van der Waals surface area contributed by atoms with Crippen molar-refractivity contribution in [3.8, 4) is 0 Å². The van der Waals surface area contributed by atoms with Gasteiger partial charge in [-0.2, -0.15) is 0 Å². The molecule has 1 aliphatic heterocycles. The molecule has 1 aliphatic carbocycles. The summed E-state index contributed by atoms with van der Waals surface area (Å²) in [5.74, 6) is 0.274. The van der Waals surface area contributed by atoms with E-state index in [2.05, 4.69) is 10.3 Å². The van der Waals surface area contributed by atoms with Gasteiger partial charge < -0.3 is 10.2 Å². The molecular formula is C20H29N3O2. The molecule has 136 valence electrons. The highest BCUT2D eigenvalue weighted by atomic mass is 16.2. The standard InChI is InChI=1S/C20H29N3O2/c24-19-10-9-17(15-23(19)18-7-3-1-2-4-8-18)20(25)22-13-11-16-6-5-12-21-14-16/h5-6,12,14,17-18H,1-4,7-11,13,15H2,(H,22,25). The van der Waals surface area contributed by atoms with Crippen molar-refractivity contribution in [1.29, 1.82) is 0 Å². The van der Waals surface area contributed by atoms with E-state index >= 15 is 0 Å². The fraction of sp³-hybridized carbons (Fsp3) is 0.650. The van der Waals surface area contributed by atoms with Gasteiger partial charge in [-0.3, -0.25) is 14.6 Å². The fourth-order valence-electron chi connectivity index (χ4n) is 4.03. The summed E-state index contributed by atoms with van der Waals surface area (Å²) in [5.41, 5.74) is 1.13. The predicted octanol–water partition coefficient (Wildman–Crippen LogP) is 2.70. The molecule has 2 aliphatic rings. The Kier molecular flexibility index (Phi) is 6.42. The van der Waals surface area contributed by atoms with Crippen molar-refractivity contribution in [3.63, 3.8) is 0 Å². The smallest absolute Gasteiger partial charge is 0.224 e. The van der Waals surface area contributed by atoms with Crippen molar-refractivity contribution in [2.75, 3.05) is 13.1 Å². The zero-order valence-electron chi connectivity index (χ0n) is 15.0. The Morgan fingerprint density at radius 2 is 2.00 bits per heavy atom. The summed E-state index contributed by atoms with van der Waals surface area (Å²) in [6, 6.07) is 4.28. The molecule has 0 spiro atoms. The third-order valence-corrected chi connectivity index (χ3v) is 5.52. The first kappa shape index (κ1) is 17.9. The van der Waals surface area contributed by atoms with Gasteiger partial charge in [0.25, 0.3) is 0 Å². The number of nitrogens with zero attached hydrogens (tertiary/aromatic N) is 2. The number of rotatable bonds is 5. The lowest BCUT2D eigenvalue weighted by molar-refractivity contribution is -0.141. The number of piperidine rings is 1. The molecule has 1 saturated heterocycles. The molecule has 2 fully saturated rings. The Hall–Kier alpha value is -1.91. The van der Waals surface area contributed by atoms with Crippen molar-refractivity contribution in [2.24, 2.45) is 5.92 Å². The van der Waals surface area contributed by atoms with Gasteiger partial charge >= 0.3 is 0 Å². The Bertz CT molecular complexity index is 568. The summed E-state index contributed by atoms with van der Waals surface area (Å²) in [5, 5.41) is 3.05. The number of carbonyl (C=O) groups is 2. The lowest BCUT2D eigenvalue weighted by Crippen LogP contribution is -2.50. The van der Waals surface area contributed by atoms with E-state index in [0.717, 1.165) is 24.8 Å². The van der Waals surface area contributed by atoms with Crippen LogP contribution in [0, 0.1) is 5.92 Å². The molecule has 1 saturated carbocycles. The summed E-state index contributed by atoms with van der Waals surface area (Å²) in [7, 11) is 0. The number of pyridine rings is 1. The summed E-state index contributed by atoms with van der Waals surface area (Å²) >= 11 is 0. The zero-order valence-corrected chi connectivity index (χ0v) is 15.0. The van der Waals surface area contributed by atoms with Gasteiger partial charge in [0.15, 0.2) is 0 Å². The number of nitrogens with one attached hydrogen (secondary N) is 1. The minimum Gasteiger partial charge on any atom is -0.355 e. The molecule has 2 heterocycles. The maximum absolute atomic E-state index is 12.5. The van der Waals surface area contributed by atoms with Crippen LogP contribution in [0.15, 0.2) is 24.5 Å². The van der Waals surface area contributed by atoms with Crippen molar-refractivity contribution in [3.05, 3.63) is 30.1 Å². The molecular weight excluding hydrogens is 314 g/mol. The topological polar surface area (TPSA) is 62.3 Å².